The van der Waals surface area contributed by atoms with Gasteiger partial charge in [-0.25, -0.2) is 4.79 Å². The van der Waals surface area contributed by atoms with Crippen LogP contribution >= 0.6 is 0 Å². The van der Waals surface area contributed by atoms with Gasteiger partial charge in [0.15, 0.2) is 0 Å². The Hall–Kier alpha value is -2.17. The third-order valence-corrected chi connectivity index (χ3v) is 3.77. The first-order valence-electron chi connectivity index (χ1n) is 6.76. The van der Waals surface area contributed by atoms with Gasteiger partial charge in [0.05, 0.1) is 24.9 Å². The van der Waals surface area contributed by atoms with Crippen LogP contribution in [0.3, 0.4) is 0 Å². The van der Waals surface area contributed by atoms with Gasteiger partial charge in [0.2, 0.25) is 0 Å². The van der Waals surface area contributed by atoms with Crippen molar-refractivity contribution in [2.24, 2.45) is 0 Å². The van der Waals surface area contributed by atoms with E-state index in [1.807, 2.05) is 32.3 Å². The molecule has 1 aliphatic heterocycles. The number of rotatable bonds is 2. The fraction of sp³-hybridized carbons (Fsp3) is 0.400. The van der Waals surface area contributed by atoms with E-state index in [4.69, 9.17) is 9.47 Å². The zero-order valence-electron chi connectivity index (χ0n) is 12.0. The van der Waals surface area contributed by atoms with Crippen LogP contribution in [0.25, 0.3) is 10.9 Å². The summed E-state index contributed by atoms with van der Waals surface area (Å²) in [5.41, 5.74) is 3.09. The third-order valence-electron chi connectivity index (χ3n) is 3.77. The van der Waals surface area contributed by atoms with Crippen LogP contribution in [0.5, 0.6) is 5.75 Å². The summed E-state index contributed by atoms with van der Waals surface area (Å²) in [5, 5.41) is 1.09. The van der Waals surface area contributed by atoms with Crippen LogP contribution in [-0.4, -0.2) is 38.0 Å². The fourth-order valence-electron chi connectivity index (χ4n) is 2.85. The Labute approximate surface area is 117 Å². The van der Waals surface area contributed by atoms with Crippen LogP contribution in [0.1, 0.15) is 12.5 Å². The molecule has 0 bridgehead atoms. The lowest BCUT2D eigenvalue weighted by Gasteiger charge is -2.27. The van der Waals surface area contributed by atoms with Crippen LogP contribution in [0, 0.1) is 0 Å². The van der Waals surface area contributed by atoms with E-state index in [0.29, 0.717) is 6.61 Å². The summed E-state index contributed by atoms with van der Waals surface area (Å²) in [6.07, 6.45) is 2.47. The van der Waals surface area contributed by atoms with E-state index in [-0.39, 0.29) is 6.09 Å². The SMILES string of the molecule is CCOC(=O)n1cc2c3c(c(OC)ccc31)N(C)CC2. The maximum Gasteiger partial charge on any atom is 0.418 e. The second-order valence-corrected chi connectivity index (χ2v) is 4.91. The summed E-state index contributed by atoms with van der Waals surface area (Å²) in [5.74, 6) is 0.836. The summed E-state index contributed by atoms with van der Waals surface area (Å²) in [4.78, 5) is 14.2. The van der Waals surface area contributed by atoms with Gasteiger partial charge < -0.3 is 14.4 Å². The topological polar surface area (TPSA) is 43.7 Å². The highest BCUT2D eigenvalue weighted by atomic mass is 16.5. The lowest BCUT2D eigenvalue weighted by Crippen LogP contribution is -2.24. The molecule has 0 unspecified atom stereocenters. The number of ether oxygens (including phenoxy) is 2. The summed E-state index contributed by atoms with van der Waals surface area (Å²) in [6, 6.07) is 3.82. The smallest absolute Gasteiger partial charge is 0.418 e. The molecular weight excluding hydrogens is 256 g/mol. The van der Waals surface area contributed by atoms with Crippen molar-refractivity contribution in [3.8, 4) is 5.75 Å². The molecule has 20 heavy (non-hydrogen) atoms. The molecule has 3 rings (SSSR count). The minimum atomic E-state index is -0.329. The monoisotopic (exact) mass is 274 g/mol. The highest BCUT2D eigenvalue weighted by Gasteiger charge is 2.25. The van der Waals surface area contributed by atoms with Gasteiger partial charge in [0.25, 0.3) is 0 Å². The van der Waals surface area contributed by atoms with E-state index in [0.717, 1.165) is 35.3 Å². The Balaban J connectivity index is 2.27. The Bertz CT molecular complexity index is 675. The van der Waals surface area contributed by atoms with Crippen molar-refractivity contribution in [3.63, 3.8) is 0 Å². The van der Waals surface area contributed by atoms with Crippen LogP contribution in [-0.2, 0) is 11.2 Å². The van der Waals surface area contributed by atoms with Crippen molar-refractivity contribution in [1.29, 1.82) is 0 Å². The minimum absolute atomic E-state index is 0.329. The molecule has 0 N–H and O–H groups in total. The molecule has 0 saturated heterocycles. The van der Waals surface area contributed by atoms with Gasteiger partial charge in [-0.3, -0.25) is 4.57 Å². The van der Waals surface area contributed by atoms with Gasteiger partial charge in [-0.15, -0.1) is 0 Å². The molecule has 5 nitrogen and oxygen atoms in total. The second-order valence-electron chi connectivity index (χ2n) is 4.91. The zero-order valence-corrected chi connectivity index (χ0v) is 12.0. The average molecular weight is 274 g/mol. The maximum atomic E-state index is 12.1. The van der Waals surface area contributed by atoms with Gasteiger partial charge in [-0.1, -0.05) is 0 Å². The van der Waals surface area contributed by atoms with Crippen molar-refractivity contribution in [2.45, 2.75) is 13.3 Å². The Morgan fingerprint density at radius 2 is 2.20 bits per heavy atom. The summed E-state index contributed by atoms with van der Waals surface area (Å²) >= 11 is 0. The zero-order chi connectivity index (χ0) is 14.3. The highest BCUT2D eigenvalue weighted by Crippen LogP contribution is 2.41. The highest BCUT2D eigenvalue weighted by molar-refractivity contribution is 6.03. The molecule has 0 saturated carbocycles. The number of hydrogen-bond donors (Lipinski definition) is 0. The Morgan fingerprint density at radius 3 is 2.90 bits per heavy atom. The normalized spacial score (nSPS) is 13.7. The predicted molar refractivity (Wildman–Crippen MR) is 77.9 cm³/mol. The van der Waals surface area contributed by atoms with Crippen LogP contribution in [0.4, 0.5) is 10.5 Å². The van der Waals surface area contributed by atoms with Gasteiger partial charge in [0.1, 0.15) is 5.75 Å². The van der Waals surface area contributed by atoms with E-state index in [2.05, 4.69) is 4.90 Å². The molecular formula is C15H18N2O3. The van der Waals surface area contributed by atoms with Crippen LogP contribution in [0.15, 0.2) is 18.3 Å². The molecule has 106 valence electrons. The van der Waals surface area contributed by atoms with E-state index in [1.54, 1.807) is 11.7 Å². The van der Waals surface area contributed by atoms with Crippen molar-refractivity contribution in [1.82, 2.24) is 4.57 Å². The fourth-order valence-corrected chi connectivity index (χ4v) is 2.85. The molecule has 0 amide bonds. The standard InChI is InChI=1S/C15H18N2O3/c1-4-20-15(18)17-9-10-7-8-16(2)14-12(19-3)6-5-11(17)13(10)14/h5-6,9H,4,7-8H2,1-3H3. The van der Waals surface area contributed by atoms with Crippen molar-refractivity contribution in [2.75, 3.05) is 32.2 Å². The predicted octanol–water partition coefficient (Wildman–Crippen LogP) is 2.65. The number of carbonyl (C=O) groups excluding carboxylic acids is 1. The molecule has 1 aromatic carbocycles. The van der Waals surface area contributed by atoms with Crippen molar-refractivity contribution in [3.05, 3.63) is 23.9 Å². The summed E-state index contributed by atoms with van der Waals surface area (Å²) in [7, 11) is 3.71. The number of hydrogen-bond acceptors (Lipinski definition) is 4. The molecule has 0 spiro atoms. The first-order valence-corrected chi connectivity index (χ1v) is 6.76. The molecule has 0 atom stereocenters. The first-order chi connectivity index (χ1) is 9.67. The molecule has 0 aliphatic carbocycles. The number of aromatic nitrogens is 1. The molecule has 2 aromatic rings. The number of carbonyl (C=O) groups is 1. The molecule has 1 aliphatic rings. The van der Waals surface area contributed by atoms with E-state index in [1.165, 1.54) is 5.56 Å². The van der Waals surface area contributed by atoms with Crippen LogP contribution < -0.4 is 9.64 Å². The molecule has 0 fully saturated rings. The minimum Gasteiger partial charge on any atom is -0.495 e. The van der Waals surface area contributed by atoms with Crippen LogP contribution in [0.2, 0.25) is 0 Å². The largest absolute Gasteiger partial charge is 0.495 e. The Kier molecular flexibility index (Phi) is 3.04. The number of likely N-dealkylation sites (N-methyl/N-ethyl adjacent to an activating group) is 1. The van der Waals surface area contributed by atoms with E-state index >= 15 is 0 Å². The van der Waals surface area contributed by atoms with Gasteiger partial charge in [-0.2, -0.15) is 0 Å². The Morgan fingerprint density at radius 1 is 1.40 bits per heavy atom. The third kappa shape index (κ3) is 1.73. The molecule has 5 heteroatoms. The summed E-state index contributed by atoms with van der Waals surface area (Å²) < 4.78 is 12.2. The molecule has 1 aromatic heterocycles. The van der Waals surface area contributed by atoms with Gasteiger partial charge >= 0.3 is 6.09 Å². The van der Waals surface area contributed by atoms with Gasteiger partial charge in [0, 0.05) is 25.2 Å². The number of anilines is 1. The number of nitrogens with zero attached hydrogens (tertiary/aromatic N) is 2. The molecule has 2 heterocycles. The average Bonchev–Trinajstić information content (AvgIpc) is 2.83. The number of methoxy groups -OCH3 is 1. The van der Waals surface area contributed by atoms with Gasteiger partial charge in [-0.05, 0) is 31.0 Å². The lowest BCUT2D eigenvalue weighted by atomic mass is 10.0. The quantitative estimate of drug-likeness (QED) is 0.844. The molecule has 0 radical (unpaired) electrons. The number of benzene rings is 1. The maximum absolute atomic E-state index is 12.1. The van der Waals surface area contributed by atoms with E-state index < -0.39 is 0 Å². The lowest BCUT2D eigenvalue weighted by molar-refractivity contribution is 0.155. The van der Waals surface area contributed by atoms with E-state index in [9.17, 15) is 4.79 Å². The summed E-state index contributed by atoms with van der Waals surface area (Å²) in [6.45, 7) is 3.09. The van der Waals surface area contributed by atoms with Crippen molar-refractivity contribution < 1.29 is 14.3 Å². The first kappa shape index (κ1) is 12.8. The van der Waals surface area contributed by atoms with Crippen molar-refractivity contribution >= 4 is 22.7 Å². The second kappa shape index (κ2) is 4.74.